The summed E-state index contributed by atoms with van der Waals surface area (Å²) in [7, 11) is 0. The van der Waals surface area contributed by atoms with E-state index in [-0.39, 0.29) is 23.5 Å². The number of rotatable bonds is 6. The third kappa shape index (κ3) is 3.91. The summed E-state index contributed by atoms with van der Waals surface area (Å²) >= 11 is 0. The minimum absolute atomic E-state index is 0.0386. The second-order valence-electron chi connectivity index (χ2n) is 6.82. The lowest BCUT2D eigenvalue weighted by Crippen LogP contribution is -2.05. The highest BCUT2D eigenvalue weighted by Gasteiger charge is 2.13. The van der Waals surface area contributed by atoms with Crippen LogP contribution in [-0.4, -0.2) is 11.1 Å². The Kier molecular flexibility index (Phi) is 5.02. The summed E-state index contributed by atoms with van der Waals surface area (Å²) in [5.74, 6) is 0.196. The first-order valence-corrected chi connectivity index (χ1v) is 9.16. The average Bonchev–Trinajstić information content (AvgIpc) is 3.20. The fourth-order valence-corrected chi connectivity index (χ4v) is 3.01. The molecular weight excluding hydrogens is 388 g/mol. The molecule has 0 aliphatic heterocycles. The fraction of sp³-hybridized carbons (Fsp3) is 0.130. The molecule has 0 unspecified atom stereocenters. The third-order valence-corrected chi connectivity index (χ3v) is 4.52. The first-order valence-electron chi connectivity index (χ1n) is 9.16. The summed E-state index contributed by atoms with van der Waals surface area (Å²) in [6.07, 6.45) is 1.28. The van der Waals surface area contributed by atoms with Crippen LogP contribution in [0.5, 0.6) is 17.2 Å². The number of ether oxygens (including phenoxy) is 2. The van der Waals surface area contributed by atoms with Gasteiger partial charge in [0.25, 0.3) is 0 Å². The minimum Gasteiger partial charge on any atom is -0.486 e. The van der Waals surface area contributed by atoms with Gasteiger partial charge >= 0.3 is 5.97 Å². The summed E-state index contributed by atoms with van der Waals surface area (Å²) in [5.41, 5.74) is 2.07. The molecule has 4 rings (SSSR count). The maximum absolute atomic E-state index is 12.8. The van der Waals surface area contributed by atoms with E-state index in [0.717, 1.165) is 11.1 Å². The van der Waals surface area contributed by atoms with Gasteiger partial charge in [0, 0.05) is 6.07 Å². The van der Waals surface area contributed by atoms with E-state index in [1.54, 1.807) is 18.2 Å². The molecule has 0 bridgehead atoms. The highest BCUT2D eigenvalue weighted by Crippen LogP contribution is 2.27. The van der Waals surface area contributed by atoms with Crippen LogP contribution in [0.15, 0.2) is 68.4 Å². The number of carboxylic acids is 1. The van der Waals surface area contributed by atoms with Gasteiger partial charge in [-0.2, -0.15) is 0 Å². The van der Waals surface area contributed by atoms with Gasteiger partial charge in [-0.15, -0.1) is 0 Å². The van der Waals surface area contributed by atoms with Crippen molar-refractivity contribution in [2.24, 2.45) is 0 Å². The summed E-state index contributed by atoms with van der Waals surface area (Å²) in [6, 6.07) is 13.4. The van der Waals surface area contributed by atoms with Gasteiger partial charge in [0.05, 0.1) is 5.39 Å². The van der Waals surface area contributed by atoms with E-state index in [0.29, 0.717) is 28.2 Å². The maximum atomic E-state index is 12.8. The lowest BCUT2D eigenvalue weighted by atomic mass is 10.1. The number of hydrogen-bond donors (Lipinski definition) is 1. The Morgan fingerprint density at radius 2 is 1.87 bits per heavy atom. The van der Waals surface area contributed by atoms with Crippen molar-refractivity contribution in [2.45, 2.75) is 20.5 Å². The number of hydrogen-bond acceptors (Lipinski definition) is 6. The van der Waals surface area contributed by atoms with Gasteiger partial charge in [0.1, 0.15) is 35.7 Å². The Morgan fingerprint density at radius 3 is 2.60 bits per heavy atom. The van der Waals surface area contributed by atoms with Crippen LogP contribution < -0.4 is 14.9 Å². The first-order chi connectivity index (χ1) is 14.4. The lowest BCUT2D eigenvalue weighted by molar-refractivity contribution is 0.0658. The molecule has 0 aliphatic rings. The molecule has 2 heterocycles. The quantitative estimate of drug-likeness (QED) is 0.477. The monoisotopic (exact) mass is 406 g/mol. The van der Waals surface area contributed by atoms with Crippen molar-refractivity contribution in [1.29, 1.82) is 0 Å². The van der Waals surface area contributed by atoms with Gasteiger partial charge in [-0.05, 0) is 49.7 Å². The van der Waals surface area contributed by atoms with E-state index in [9.17, 15) is 9.59 Å². The maximum Gasteiger partial charge on any atom is 0.371 e. The molecule has 0 atom stereocenters. The topological polar surface area (TPSA) is 99.1 Å². The molecule has 4 aromatic rings. The predicted molar refractivity (Wildman–Crippen MR) is 108 cm³/mol. The van der Waals surface area contributed by atoms with E-state index in [1.165, 1.54) is 18.4 Å². The molecule has 0 saturated heterocycles. The SMILES string of the molecule is Cc1ccc(Oc2coc3cc(OCc4ccc(C(=O)O)o4)ccc3c2=O)c(C)c1. The van der Waals surface area contributed by atoms with Crippen molar-refractivity contribution in [3.63, 3.8) is 0 Å². The number of benzene rings is 2. The van der Waals surface area contributed by atoms with Crippen molar-refractivity contribution in [3.8, 4) is 17.2 Å². The molecule has 0 radical (unpaired) electrons. The van der Waals surface area contributed by atoms with Gasteiger partial charge < -0.3 is 23.4 Å². The normalized spacial score (nSPS) is 10.9. The smallest absolute Gasteiger partial charge is 0.371 e. The molecule has 0 aliphatic carbocycles. The highest BCUT2D eigenvalue weighted by molar-refractivity contribution is 5.84. The molecule has 2 aromatic heterocycles. The van der Waals surface area contributed by atoms with Crippen LogP contribution in [0.25, 0.3) is 11.0 Å². The van der Waals surface area contributed by atoms with Gasteiger partial charge in [-0.1, -0.05) is 17.7 Å². The van der Waals surface area contributed by atoms with Crippen LogP contribution in [0, 0.1) is 13.8 Å². The molecule has 2 aromatic carbocycles. The molecule has 0 spiro atoms. The summed E-state index contributed by atoms with van der Waals surface area (Å²) < 4.78 is 22.1. The van der Waals surface area contributed by atoms with E-state index >= 15 is 0 Å². The number of furan rings is 1. The highest BCUT2D eigenvalue weighted by atomic mass is 16.5. The van der Waals surface area contributed by atoms with E-state index in [4.69, 9.17) is 23.4 Å². The Morgan fingerprint density at radius 1 is 1.03 bits per heavy atom. The van der Waals surface area contributed by atoms with Crippen molar-refractivity contribution in [1.82, 2.24) is 0 Å². The number of fused-ring (bicyclic) bond motifs is 1. The number of aromatic carboxylic acids is 1. The predicted octanol–water partition coefficient (Wildman–Crippen LogP) is 5.07. The number of aryl methyl sites for hydroxylation is 2. The molecule has 1 N–H and O–H groups in total. The van der Waals surface area contributed by atoms with Gasteiger partial charge in [0.2, 0.25) is 16.9 Å². The van der Waals surface area contributed by atoms with Crippen molar-refractivity contribution < 1.29 is 28.2 Å². The summed E-state index contributed by atoms with van der Waals surface area (Å²) in [4.78, 5) is 23.6. The number of carbonyl (C=O) groups is 1. The zero-order chi connectivity index (χ0) is 21.3. The van der Waals surface area contributed by atoms with E-state index in [2.05, 4.69) is 0 Å². The van der Waals surface area contributed by atoms with Crippen LogP contribution >= 0.6 is 0 Å². The Bertz CT molecular complexity index is 1300. The molecule has 0 amide bonds. The zero-order valence-electron chi connectivity index (χ0n) is 16.3. The number of carboxylic acid groups (broad SMARTS) is 1. The van der Waals surface area contributed by atoms with Crippen LogP contribution in [0.3, 0.4) is 0 Å². The molecule has 0 saturated carbocycles. The van der Waals surface area contributed by atoms with Crippen molar-refractivity contribution in [3.05, 3.63) is 87.7 Å². The Labute approximate surface area is 171 Å². The van der Waals surface area contributed by atoms with Crippen molar-refractivity contribution >= 4 is 16.9 Å². The van der Waals surface area contributed by atoms with Crippen LogP contribution in [0.4, 0.5) is 0 Å². The fourth-order valence-electron chi connectivity index (χ4n) is 3.01. The second kappa shape index (κ2) is 7.79. The van der Waals surface area contributed by atoms with E-state index in [1.807, 2.05) is 32.0 Å². The van der Waals surface area contributed by atoms with E-state index < -0.39 is 5.97 Å². The van der Waals surface area contributed by atoms with Crippen LogP contribution in [0.1, 0.15) is 27.4 Å². The second-order valence-corrected chi connectivity index (χ2v) is 6.82. The summed E-state index contributed by atoms with van der Waals surface area (Å²) in [5, 5.41) is 9.24. The Hall–Kier alpha value is -4.00. The largest absolute Gasteiger partial charge is 0.486 e. The molecule has 7 heteroatoms. The molecular formula is C23H18O7. The van der Waals surface area contributed by atoms with Gasteiger partial charge in [-0.25, -0.2) is 4.79 Å². The molecule has 30 heavy (non-hydrogen) atoms. The minimum atomic E-state index is -1.15. The van der Waals surface area contributed by atoms with Crippen LogP contribution in [0.2, 0.25) is 0 Å². The third-order valence-electron chi connectivity index (χ3n) is 4.52. The zero-order valence-corrected chi connectivity index (χ0v) is 16.3. The molecule has 7 nitrogen and oxygen atoms in total. The molecule has 0 fully saturated rings. The first kappa shape index (κ1) is 19.3. The standard InChI is InChI=1S/C23H18O7/c1-13-3-7-18(14(2)9-13)30-21-12-28-20-10-15(4-6-17(20)22(21)24)27-11-16-5-8-19(29-16)23(25)26/h3-10,12H,11H2,1-2H3,(H,25,26). The Balaban J connectivity index is 1.54. The average molecular weight is 406 g/mol. The van der Waals surface area contributed by atoms with Gasteiger partial charge in [0.15, 0.2) is 0 Å². The summed E-state index contributed by atoms with van der Waals surface area (Å²) in [6.45, 7) is 3.93. The van der Waals surface area contributed by atoms with Crippen molar-refractivity contribution in [2.75, 3.05) is 0 Å². The van der Waals surface area contributed by atoms with Gasteiger partial charge in [-0.3, -0.25) is 4.79 Å². The molecule has 152 valence electrons. The van der Waals surface area contributed by atoms with Crippen LogP contribution in [-0.2, 0) is 6.61 Å². The lowest BCUT2D eigenvalue weighted by Gasteiger charge is -2.09.